The highest BCUT2D eigenvalue weighted by Gasteiger charge is 2.29. The molecule has 8 nitrogen and oxygen atoms in total. The first kappa shape index (κ1) is 15.9. The molecule has 24 heavy (non-hydrogen) atoms. The number of aryl methyl sites for hydroxylation is 1. The minimum absolute atomic E-state index is 0.128. The van der Waals surface area contributed by atoms with Crippen LogP contribution in [0.1, 0.15) is 11.3 Å². The highest BCUT2D eigenvalue weighted by Crippen LogP contribution is 2.37. The molecule has 0 bridgehead atoms. The third kappa shape index (κ3) is 2.68. The number of nitrogens with zero attached hydrogens (tertiary/aromatic N) is 4. The second-order valence-corrected chi connectivity index (χ2v) is 5.48. The molecule has 0 atom stereocenters. The number of fused-ring (bicyclic) bond motifs is 1. The molecule has 0 saturated heterocycles. The predicted octanol–water partition coefficient (Wildman–Crippen LogP) is 1.40. The van der Waals surface area contributed by atoms with Crippen LogP contribution in [-0.4, -0.2) is 28.4 Å². The highest BCUT2D eigenvalue weighted by molar-refractivity contribution is 5.67. The first-order chi connectivity index (χ1) is 11.4. The smallest absolute Gasteiger partial charge is 0.328 e. The third-order valence-corrected chi connectivity index (χ3v) is 4.01. The van der Waals surface area contributed by atoms with Gasteiger partial charge in [0, 0.05) is 50.3 Å². The molecular weight excluding hydrogens is 319 g/mol. The van der Waals surface area contributed by atoms with E-state index in [0.717, 1.165) is 11.8 Å². The lowest BCUT2D eigenvalue weighted by Crippen LogP contribution is -2.34. The fraction of sp³-hybridized carbons (Fsp3) is 0.333. The monoisotopic (exact) mass is 334 g/mol. The minimum atomic E-state index is -0.956. The van der Waals surface area contributed by atoms with Gasteiger partial charge in [0.1, 0.15) is 11.4 Å². The first-order valence-corrected chi connectivity index (χ1v) is 7.23. The molecule has 0 spiro atoms. The van der Waals surface area contributed by atoms with E-state index in [9.17, 15) is 19.3 Å². The average molecular weight is 334 g/mol. The molecule has 0 unspecified atom stereocenters. The molecule has 0 aliphatic carbocycles. The van der Waals surface area contributed by atoms with Crippen LogP contribution in [0.3, 0.4) is 0 Å². The maximum absolute atomic E-state index is 14.1. The van der Waals surface area contributed by atoms with Crippen LogP contribution < -0.4 is 15.2 Å². The zero-order valence-electron chi connectivity index (χ0n) is 13.2. The Balaban J connectivity index is 2.06. The van der Waals surface area contributed by atoms with Crippen molar-refractivity contribution in [3.8, 4) is 5.75 Å². The van der Waals surface area contributed by atoms with Gasteiger partial charge in [-0.1, -0.05) is 0 Å². The number of ether oxygens (including phenoxy) is 1. The molecule has 0 saturated carbocycles. The molecule has 3 rings (SSSR count). The second kappa shape index (κ2) is 5.91. The summed E-state index contributed by atoms with van der Waals surface area (Å²) in [7, 11) is 2.93. The van der Waals surface area contributed by atoms with Crippen molar-refractivity contribution < 1.29 is 14.1 Å². The molecule has 2 heterocycles. The number of anilines is 1. The Labute approximate surface area is 136 Å². The van der Waals surface area contributed by atoms with Crippen molar-refractivity contribution in [2.24, 2.45) is 7.05 Å². The topological polar surface area (TPSA) is 90.5 Å². The van der Waals surface area contributed by atoms with Crippen LogP contribution in [0.15, 0.2) is 23.0 Å². The van der Waals surface area contributed by atoms with E-state index in [2.05, 4.69) is 5.10 Å². The number of aromatic nitrogens is 2. The highest BCUT2D eigenvalue weighted by atomic mass is 19.1. The molecule has 9 heteroatoms. The number of halogens is 1. The summed E-state index contributed by atoms with van der Waals surface area (Å²) in [5, 5.41) is 15.5. The van der Waals surface area contributed by atoms with Gasteiger partial charge in [0.05, 0.1) is 17.7 Å². The van der Waals surface area contributed by atoms with Gasteiger partial charge in [-0.25, -0.2) is 4.68 Å². The van der Waals surface area contributed by atoms with Crippen molar-refractivity contribution >= 4 is 11.4 Å². The molecule has 2 aromatic rings. The maximum atomic E-state index is 14.1. The normalized spacial score (nSPS) is 13.5. The number of rotatable bonds is 3. The zero-order chi connectivity index (χ0) is 17.4. The molecule has 0 N–H and O–H groups in total. The number of nitro groups is 1. The van der Waals surface area contributed by atoms with E-state index in [1.54, 1.807) is 11.9 Å². The van der Waals surface area contributed by atoms with E-state index < -0.39 is 16.4 Å². The molecule has 0 fully saturated rings. The molecule has 0 radical (unpaired) electrons. The predicted molar refractivity (Wildman–Crippen MR) is 83.8 cm³/mol. The van der Waals surface area contributed by atoms with Crippen LogP contribution in [0.25, 0.3) is 0 Å². The van der Waals surface area contributed by atoms with Gasteiger partial charge < -0.3 is 9.64 Å². The zero-order valence-corrected chi connectivity index (χ0v) is 13.2. The Bertz CT molecular complexity index is 881. The number of nitro benzene ring substituents is 1. The van der Waals surface area contributed by atoms with Crippen LogP contribution >= 0.6 is 0 Å². The van der Waals surface area contributed by atoms with E-state index in [1.165, 1.54) is 23.9 Å². The second-order valence-electron chi connectivity index (χ2n) is 5.48. The molecule has 0 amide bonds. The van der Waals surface area contributed by atoms with Crippen molar-refractivity contribution in [3.05, 3.63) is 55.7 Å². The molecule has 1 aromatic carbocycles. The summed E-state index contributed by atoms with van der Waals surface area (Å²) < 4.78 is 20.4. The molecule has 1 aliphatic heterocycles. The lowest BCUT2D eigenvalue weighted by molar-refractivity contribution is -0.386. The fourth-order valence-electron chi connectivity index (χ4n) is 2.80. The molecule has 126 valence electrons. The quantitative estimate of drug-likeness (QED) is 0.622. The van der Waals surface area contributed by atoms with Gasteiger partial charge in [-0.05, 0) is 0 Å². The standard InChI is InChI=1S/C15H15FN4O4/c1-18-14(21)5-9-8-19(4-3-12(9)17-18)13-7-10(24-2)6-11(16)15(13)20(22)23/h5-7H,3-4,8H2,1-2H3. The summed E-state index contributed by atoms with van der Waals surface area (Å²) in [6.07, 6.45) is 0.499. The Morgan fingerprint density at radius 3 is 2.79 bits per heavy atom. The largest absolute Gasteiger partial charge is 0.497 e. The minimum Gasteiger partial charge on any atom is -0.497 e. The number of hydrogen-bond acceptors (Lipinski definition) is 6. The average Bonchev–Trinajstić information content (AvgIpc) is 2.54. The van der Waals surface area contributed by atoms with Crippen LogP contribution in [-0.2, 0) is 20.0 Å². The Kier molecular flexibility index (Phi) is 3.92. The maximum Gasteiger partial charge on any atom is 0.328 e. The van der Waals surface area contributed by atoms with Crippen molar-refractivity contribution in [2.75, 3.05) is 18.6 Å². The van der Waals surface area contributed by atoms with Gasteiger partial charge in [-0.15, -0.1) is 0 Å². The lowest BCUT2D eigenvalue weighted by Gasteiger charge is -2.29. The summed E-state index contributed by atoms with van der Waals surface area (Å²) in [6, 6.07) is 3.87. The SMILES string of the molecule is COc1cc(F)c([N+](=O)[O-])c(N2CCc3nn(C)c(=O)cc3C2)c1. The van der Waals surface area contributed by atoms with E-state index in [4.69, 9.17) is 4.74 Å². The van der Waals surface area contributed by atoms with Crippen molar-refractivity contribution in [3.63, 3.8) is 0 Å². The summed E-state index contributed by atoms with van der Waals surface area (Å²) in [6.45, 7) is 0.664. The third-order valence-electron chi connectivity index (χ3n) is 4.01. The van der Waals surface area contributed by atoms with Gasteiger partial charge in [-0.2, -0.15) is 9.49 Å². The Morgan fingerprint density at radius 1 is 1.38 bits per heavy atom. The van der Waals surface area contributed by atoms with Crippen LogP contribution in [0.2, 0.25) is 0 Å². The van der Waals surface area contributed by atoms with Crippen molar-refractivity contribution in [1.82, 2.24) is 9.78 Å². The molecule has 1 aliphatic rings. The van der Waals surface area contributed by atoms with Gasteiger partial charge in [0.2, 0.25) is 5.82 Å². The first-order valence-electron chi connectivity index (χ1n) is 7.23. The number of hydrogen-bond donors (Lipinski definition) is 0. The van der Waals surface area contributed by atoms with Crippen molar-refractivity contribution in [2.45, 2.75) is 13.0 Å². The number of methoxy groups -OCH3 is 1. The van der Waals surface area contributed by atoms with E-state index in [0.29, 0.717) is 18.5 Å². The molecular formula is C15H15FN4O4. The van der Waals surface area contributed by atoms with E-state index >= 15 is 0 Å². The lowest BCUT2D eigenvalue weighted by atomic mass is 10.1. The Hall–Kier alpha value is -2.97. The van der Waals surface area contributed by atoms with Gasteiger partial charge in [0.15, 0.2) is 0 Å². The van der Waals surface area contributed by atoms with Crippen molar-refractivity contribution in [1.29, 1.82) is 0 Å². The summed E-state index contributed by atoms with van der Waals surface area (Å²) >= 11 is 0. The van der Waals surface area contributed by atoms with Gasteiger partial charge in [-0.3, -0.25) is 14.9 Å². The van der Waals surface area contributed by atoms with E-state index in [1.807, 2.05) is 0 Å². The summed E-state index contributed by atoms with van der Waals surface area (Å²) in [4.78, 5) is 23.9. The summed E-state index contributed by atoms with van der Waals surface area (Å²) in [5.41, 5.74) is 0.711. The van der Waals surface area contributed by atoms with Gasteiger partial charge in [0.25, 0.3) is 5.56 Å². The number of benzene rings is 1. The molecule has 1 aromatic heterocycles. The van der Waals surface area contributed by atoms with Crippen LogP contribution in [0.4, 0.5) is 15.8 Å². The fourth-order valence-corrected chi connectivity index (χ4v) is 2.80. The van der Waals surface area contributed by atoms with E-state index in [-0.39, 0.29) is 23.5 Å². The summed E-state index contributed by atoms with van der Waals surface area (Å²) in [5.74, 6) is -0.761. The van der Waals surface area contributed by atoms with Gasteiger partial charge >= 0.3 is 5.69 Å². The Morgan fingerprint density at radius 2 is 2.12 bits per heavy atom. The van der Waals surface area contributed by atoms with Crippen LogP contribution in [0, 0.1) is 15.9 Å². The van der Waals surface area contributed by atoms with Crippen LogP contribution in [0.5, 0.6) is 5.75 Å².